The summed E-state index contributed by atoms with van der Waals surface area (Å²) in [7, 11) is 1.58. The van der Waals surface area contributed by atoms with Crippen LogP contribution in [-0.2, 0) is 4.79 Å². The molecule has 0 atom stereocenters. The summed E-state index contributed by atoms with van der Waals surface area (Å²) < 4.78 is 6.95. The summed E-state index contributed by atoms with van der Waals surface area (Å²) in [6.07, 6.45) is 3.26. The van der Waals surface area contributed by atoms with Gasteiger partial charge in [-0.15, -0.1) is 0 Å². The summed E-state index contributed by atoms with van der Waals surface area (Å²) >= 11 is 0. The van der Waals surface area contributed by atoms with Crippen LogP contribution in [0.25, 0.3) is 16.9 Å². The first kappa shape index (κ1) is 20.3. The lowest BCUT2D eigenvalue weighted by Gasteiger charge is -2.20. The number of nitrogens with zero attached hydrogens (tertiary/aromatic N) is 4. The summed E-state index contributed by atoms with van der Waals surface area (Å²) in [5, 5.41) is 0. The lowest BCUT2D eigenvalue weighted by atomic mass is 10.1. The number of fused-ring (bicyclic) bond motifs is 1. The SMILES string of the molecule is CCN(C(C)=O)c1cccc(-c2ccnc3c(C(=O)c4ccc(OC)cc4)ncn23)c1. The molecule has 0 unspecified atom stereocenters. The monoisotopic (exact) mass is 414 g/mol. The normalized spacial score (nSPS) is 10.8. The van der Waals surface area contributed by atoms with Crippen LogP contribution in [0.1, 0.15) is 29.9 Å². The van der Waals surface area contributed by atoms with Crippen LogP contribution in [0.4, 0.5) is 5.69 Å². The minimum absolute atomic E-state index is 0.0190. The van der Waals surface area contributed by atoms with Crippen LogP contribution < -0.4 is 9.64 Å². The van der Waals surface area contributed by atoms with E-state index in [4.69, 9.17) is 4.74 Å². The van der Waals surface area contributed by atoms with E-state index in [9.17, 15) is 9.59 Å². The number of carbonyl (C=O) groups excluding carboxylic acids is 2. The third-order valence-electron chi connectivity index (χ3n) is 5.15. The van der Waals surface area contributed by atoms with Crippen LogP contribution in [0, 0.1) is 0 Å². The zero-order valence-electron chi connectivity index (χ0n) is 17.6. The Morgan fingerprint density at radius 1 is 1.06 bits per heavy atom. The average Bonchev–Trinajstić information content (AvgIpc) is 3.23. The molecular weight excluding hydrogens is 392 g/mol. The molecule has 7 heteroatoms. The third-order valence-corrected chi connectivity index (χ3v) is 5.15. The molecule has 2 heterocycles. The predicted molar refractivity (Wildman–Crippen MR) is 119 cm³/mol. The number of hydrogen-bond donors (Lipinski definition) is 0. The zero-order valence-corrected chi connectivity index (χ0v) is 17.6. The molecule has 0 aliphatic carbocycles. The number of carbonyl (C=O) groups is 2. The zero-order chi connectivity index (χ0) is 22.0. The summed E-state index contributed by atoms with van der Waals surface area (Å²) in [4.78, 5) is 35.4. The van der Waals surface area contributed by atoms with E-state index >= 15 is 0 Å². The molecule has 0 saturated carbocycles. The number of methoxy groups -OCH3 is 1. The quantitative estimate of drug-likeness (QED) is 0.446. The Morgan fingerprint density at radius 2 is 1.84 bits per heavy atom. The van der Waals surface area contributed by atoms with Gasteiger partial charge in [-0.05, 0) is 49.4 Å². The predicted octanol–water partition coefficient (Wildman–Crippen LogP) is 4.01. The Labute approximate surface area is 179 Å². The van der Waals surface area contributed by atoms with E-state index in [0.717, 1.165) is 16.9 Å². The van der Waals surface area contributed by atoms with Crippen molar-refractivity contribution in [1.82, 2.24) is 14.4 Å². The molecule has 156 valence electrons. The van der Waals surface area contributed by atoms with E-state index in [1.807, 2.05) is 37.3 Å². The van der Waals surface area contributed by atoms with E-state index in [0.29, 0.717) is 23.5 Å². The van der Waals surface area contributed by atoms with Crippen molar-refractivity contribution in [3.05, 3.63) is 78.4 Å². The fraction of sp³-hybridized carbons (Fsp3) is 0.167. The van der Waals surface area contributed by atoms with Crippen LogP contribution in [0.5, 0.6) is 5.75 Å². The van der Waals surface area contributed by atoms with Crippen molar-refractivity contribution in [1.29, 1.82) is 0 Å². The minimum atomic E-state index is -0.211. The summed E-state index contributed by atoms with van der Waals surface area (Å²) in [5.74, 6) is 0.449. The fourth-order valence-electron chi connectivity index (χ4n) is 3.60. The molecule has 0 fully saturated rings. The van der Waals surface area contributed by atoms with Crippen LogP contribution in [0.2, 0.25) is 0 Å². The number of aromatic nitrogens is 3. The lowest BCUT2D eigenvalue weighted by Crippen LogP contribution is -2.27. The number of hydrogen-bond acceptors (Lipinski definition) is 5. The maximum Gasteiger partial charge on any atom is 0.223 e. The van der Waals surface area contributed by atoms with Gasteiger partial charge in [-0.1, -0.05) is 12.1 Å². The number of imidazole rings is 1. The first-order valence-corrected chi connectivity index (χ1v) is 9.92. The Hall–Kier alpha value is -4.00. The van der Waals surface area contributed by atoms with Gasteiger partial charge in [0.1, 0.15) is 12.1 Å². The lowest BCUT2D eigenvalue weighted by molar-refractivity contribution is -0.116. The molecule has 0 aliphatic heterocycles. The molecule has 0 saturated heterocycles. The molecule has 2 aromatic carbocycles. The van der Waals surface area contributed by atoms with Gasteiger partial charge in [-0.3, -0.25) is 14.0 Å². The Bertz CT molecular complexity index is 1260. The molecule has 0 bridgehead atoms. The maximum absolute atomic E-state index is 13.0. The first-order valence-electron chi connectivity index (χ1n) is 9.92. The highest BCUT2D eigenvalue weighted by atomic mass is 16.5. The van der Waals surface area contributed by atoms with E-state index in [1.165, 1.54) is 0 Å². The second-order valence-electron chi connectivity index (χ2n) is 6.99. The van der Waals surface area contributed by atoms with Gasteiger partial charge in [0.15, 0.2) is 11.3 Å². The second-order valence-corrected chi connectivity index (χ2v) is 6.99. The number of ether oxygens (including phenoxy) is 1. The van der Waals surface area contributed by atoms with E-state index in [1.54, 1.807) is 60.1 Å². The van der Waals surface area contributed by atoms with Crippen molar-refractivity contribution >= 4 is 23.0 Å². The molecule has 0 spiro atoms. The van der Waals surface area contributed by atoms with Gasteiger partial charge in [0.25, 0.3) is 0 Å². The molecule has 31 heavy (non-hydrogen) atoms. The molecule has 0 aliphatic rings. The minimum Gasteiger partial charge on any atom is -0.497 e. The van der Waals surface area contributed by atoms with Crippen LogP contribution in [0.3, 0.4) is 0 Å². The third kappa shape index (κ3) is 3.77. The van der Waals surface area contributed by atoms with Gasteiger partial charge < -0.3 is 9.64 Å². The van der Waals surface area contributed by atoms with E-state index in [2.05, 4.69) is 9.97 Å². The number of ketones is 1. The van der Waals surface area contributed by atoms with Crippen molar-refractivity contribution in [2.75, 3.05) is 18.6 Å². The van der Waals surface area contributed by atoms with Crippen molar-refractivity contribution in [3.63, 3.8) is 0 Å². The standard InChI is InChI=1S/C24H22N4O3/c1-4-27(16(2)29)19-7-5-6-18(14-19)21-12-13-25-24-22(26-15-28(21)24)23(30)17-8-10-20(31-3)11-9-17/h5-15H,4H2,1-3H3. The van der Waals surface area contributed by atoms with Crippen molar-refractivity contribution in [2.24, 2.45) is 0 Å². The van der Waals surface area contributed by atoms with Crippen molar-refractivity contribution in [2.45, 2.75) is 13.8 Å². The molecule has 2 aromatic heterocycles. The highest BCUT2D eigenvalue weighted by Crippen LogP contribution is 2.26. The van der Waals surface area contributed by atoms with Gasteiger partial charge >= 0.3 is 0 Å². The summed E-state index contributed by atoms with van der Waals surface area (Å²) in [5.41, 5.74) is 3.80. The van der Waals surface area contributed by atoms with E-state index in [-0.39, 0.29) is 17.4 Å². The summed E-state index contributed by atoms with van der Waals surface area (Å²) in [6.45, 7) is 4.06. The van der Waals surface area contributed by atoms with Gasteiger partial charge in [0, 0.05) is 36.5 Å². The molecule has 4 rings (SSSR count). The van der Waals surface area contributed by atoms with E-state index < -0.39 is 0 Å². The average molecular weight is 414 g/mol. The highest BCUT2D eigenvalue weighted by Gasteiger charge is 2.19. The number of amides is 1. The highest BCUT2D eigenvalue weighted by molar-refractivity contribution is 6.11. The Balaban J connectivity index is 1.76. The molecule has 1 amide bonds. The Kier molecular flexibility index (Phi) is 5.49. The van der Waals surface area contributed by atoms with Crippen LogP contribution in [-0.4, -0.2) is 39.7 Å². The molecule has 0 radical (unpaired) electrons. The van der Waals surface area contributed by atoms with Crippen LogP contribution >= 0.6 is 0 Å². The van der Waals surface area contributed by atoms with Gasteiger partial charge in [0.05, 0.1) is 12.8 Å². The number of benzene rings is 2. The molecule has 0 N–H and O–H groups in total. The van der Waals surface area contributed by atoms with Crippen molar-refractivity contribution < 1.29 is 14.3 Å². The topological polar surface area (TPSA) is 76.8 Å². The first-order chi connectivity index (χ1) is 15.0. The molecular formula is C24H22N4O3. The Morgan fingerprint density at radius 3 is 2.52 bits per heavy atom. The summed E-state index contributed by atoms with van der Waals surface area (Å²) in [6, 6.07) is 16.5. The van der Waals surface area contributed by atoms with Gasteiger partial charge in [-0.25, -0.2) is 9.97 Å². The molecule has 7 nitrogen and oxygen atoms in total. The number of anilines is 1. The second kappa shape index (κ2) is 8.39. The van der Waals surface area contributed by atoms with Crippen molar-refractivity contribution in [3.8, 4) is 17.0 Å². The largest absolute Gasteiger partial charge is 0.497 e. The smallest absolute Gasteiger partial charge is 0.223 e. The molecule has 4 aromatic rings. The maximum atomic E-state index is 13.0. The van der Waals surface area contributed by atoms with Gasteiger partial charge in [-0.2, -0.15) is 0 Å². The van der Waals surface area contributed by atoms with Gasteiger partial charge in [0.2, 0.25) is 11.7 Å². The fourth-order valence-corrected chi connectivity index (χ4v) is 3.60. The number of rotatable bonds is 6. The van der Waals surface area contributed by atoms with Crippen LogP contribution in [0.15, 0.2) is 67.1 Å².